The summed E-state index contributed by atoms with van der Waals surface area (Å²) in [5, 5.41) is 4.55. The van der Waals surface area contributed by atoms with Gasteiger partial charge in [0, 0.05) is 31.9 Å². The van der Waals surface area contributed by atoms with E-state index in [2.05, 4.69) is 26.9 Å². The molecule has 0 spiro atoms. The van der Waals surface area contributed by atoms with Crippen LogP contribution >= 0.6 is 0 Å². The third-order valence-corrected chi connectivity index (χ3v) is 9.08. The van der Waals surface area contributed by atoms with Crippen molar-refractivity contribution in [2.24, 2.45) is 5.92 Å². The molecule has 1 N–H and O–H groups in total. The van der Waals surface area contributed by atoms with E-state index >= 15 is 0 Å². The predicted octanol–water partition coefficient (Wildman–Crippen LogP) is 5.88. The Morgan fingerprint density at radius 1 is 1.05 bits per heavy atom. The van der Waals surface area contributed by atoms with E-state index in [4.69, 9.17) is 14.0 Å². The van der Waals surface area contributed by atoms with E-state index in [-0.39, 0.29) is 23.6 Å². The van der Waals surface area contributed by atoms with E-state index in [1.807, 2.05) is 45.0 Å². The predicted molar refractivity (Wildman–Crippen MR) is 160 cm³/mol. The number of fused-ring (bicyclic) bond motifs is 1. The quantitative estimate of drug-likeness (QED) is 0.366. The van der Waals surface area contributed by atoms with Gasteiger partial charge in [0.25, 0.3) is 0 Å². The molecule has 0 unspecified atom stereocenters. The molecule has 41 heavy (non-hydrogen) atoms. The largest absolute Gasteiger partial charge is 0.496 e. The fourth-order valence-corrected chi connectivity index (χ4v) is 7.11. The number of aromatic nitrogens is 1. The van der Waals surface area contributed by atoms with Crippen LogP contribution in [0.25, 0.3) is 22.1 Å². The lowest BCUT2D eigenvalue weighted by molar-refractivity contribution is 0.0240. The average Bonchev–Trinajstić information content (AvgIpc) is 3.34. The first-order chi connectivity index (χ1) is 19.5. The minimum absolute atomic E-state index is 0.0839. The van der Waals surface area contributed by atoms with Crippen molar-refractivity contribution in [2.75, 3.05) is 48.7 Å². The smallest absolute Gasteiger partial charge is 0.410 e. The Labute approximate surface area is 242 Å². The van der Waals surface area contributed by atoms with Gasteiger partial charge in [-0.05, 0) is 74.9 Å². The van der Waals surface area contributed by atoms with Crippen molar-refractivity contribution in [2.45, 2.75) is 58.5 Å². The van der Waals surface area contributed by atoms with Gasteiger partial charge in [-0.25, -0.2) is 13.2 Å². The van der Waals surface area contributed by atoms with Gasteiger partial charge in [-0.1, -0.05) is 36.6 Å². The van der Waals surface area contributed by atoms with Crippen molar-refractivity contribution in [3.63, 3.8) is 0 Å². The second-order valence-electron chi connectivity index (χ2n) is 12.0. The monoisotopic (exact) mass is 584 g/mol. The second kappa shape index (κ2) is 11.8. The van der Waals surface area contributed by atoms with E-state index in [1.165, 1.54) is 6.42 Å². The lowest BCUT2D eigenvalue weighted by Crippen LogP contribution is -2.50. The molecule has 1 amide bonds. The number of sulfonamides is 1. The topological polar surface area (TPSA) is 114 Å². The minimum atomic E-state index is -3.59. The normalized spacial score (nSPS) is 17.1. The van der Waals surface area contributed by atoms with E-state index in [0.717, 1.165) is 42.5 Å². The molecule has 2 heterocycles. The molecule has 0 radical (unpaired) electrons. The van der Waals surface area contributed by atoms with Crippen LogP contribution in [0.1, 0.15) is 52.9 Å². The molecule has 1 aliphatic heterocycles. The zero-order chi connectivity index (χ0) is 29.2. The maximum atomic E-state index is 12.9. The lowest BCUT2D eigenvalue weighted by Gasteiger charge is -2.36. The molecule has 11 heteroatoms. The van der Waals surface area contributed by atoms with Crippen molar-refractivity contribution in [1.82, 2.24) is 10.1 Å². The molecule has 10 nitrogen and oxygen atoms in total. The molecular weight excluding hydrogens is 544 g/mol. The molecule has 1 saturated carbocycles. The minimum Gasteiger partial charge on any atom is -0.496 e. The molecule has 5 rings (SSSR count). The van der Waals surface area contributed by atoms with Crippen LogP contribution in [0.2, 0.25) is 0 Å². The number of rotatable bonds is 7. The van der Waals surface area contributed by atoms with Crippen LogP contribution in [0, 0.1) is 5.92 Å². The summed E-state index contributed by atoms with van der Waals surface area (Å²) < 4.78 is 45.3. The number of benzene rings is 2. The van der Waals surface area contributed by atoms with Gasteiger partial charge in [-0.2, -0.15) is 0 Å². The highest BCUT2D eigenvalue weighted by Crippen LogP contribution is 2.38. The zero-order valence-corrected chi connectivity index (χ0v) is 25.1. The number of ether oxygens (including phenoxy) is 2. The third-order valence-electron chi connectivity index (χ3n) is 7.67. The van der Waals surface area contributed by atoms with Crippen molar-refractivity contribution in [1.29, 1.82) is 0 Å². The SMILES string of the molecule is COc1cc(-c2cccc(N3CCN(C(=O)OC(C)(C)C)CC3)c2)cc2onc(NS(=O)(=O)CC3CCCCC3)c12. The van der Waals surface area contributed by atoms with E-state index in [0.29, 0.717) is 42.9 Å². The maximum absolute atomic E-state index is 12.9. The number of carbonyl (C=O) groups is 1. The first-order valence-corrected chi connectivity index (χ1v) is 16.0. The molecule has 2 aliphatic rings. The fraction of sp³-hybridized carbons (Fsp3) is 0.533. The van der Waals surface area contributed by atoms with Gasteiger partial charge in [0.1, 0.15) is 16.7 Å². The first kappa shape index (κ1) is 29.0. The number of piperazine rings is 1. The number of hydrogen-bond acceptors (Lipinski definition) is 8. The van der Waals surface area contributed by atoms with Crippen molar-refractivity contribution >= 4 is 38.6 Å². The van der Waals surface area contributed by atoms with Gasteiger partial charge < -0.3 is 23.8 Å². The summed E-state index contributed by atoms with van der Waals surface area (Å²) in [5.74, 6) is 0.877. The van der Waals surface area contributed by atoms with E-state index < -0.39 is 15.6 Å². The number of nitrogens with one attached hydrogen (secondary N) is 1. The molecule has 222 valence electrons. The zero-order valence-electron chi connectivity index (χ0n) is 24.3. The van der Waals surface area contributed by atoms with Crippen LogP contribution in [0.5, 0.6) is 5.75 Å². The lowest BCUT2D eigenvalue weighted by atomic mass is 9.91. The highest BCUT2D eigenvalue weighted by Gasteiger charge is 2.27. The van der Waals surface area contributed by atoms with Crippen LogP contribution in [-0.2, 0) is 14.8 Å². The summed E-state index contributed by atoms with van der Waals surface area (Å²) in [6.07, 6.45) is 4.91. The number of carbonyl (C=O) groups excluding carboxylic acids is 1. The molecule has 3 aromatic rings. The highest BCUT2D eigenvalue weighted by atomic mass is 32.2. The van der Waals surface area contributed by atoms with Crippen LogP contribution < -0.4 is 14.4 Å². The number of nitrogens with zero attached hydrogens (tertiary/aromatic N) is 3. The molecular formula is C30H40N4O6S. The van der Waals surface area contributed by atoms with Crippen molar-refractivity contribution in [3.8, 4) is 16.9 Å². The van der Waals surface area contributed by atoms with Crippen molar-refractivity contribution in [3.05, 3.63) is 36.4 Å². The number of amides is 1. The highest BCUT2D eigenvalue weighted by molar-refractivity contribution is 7.92. The van der Waals surface area contributed by atoms with Gasteiger partial charge >= 0.3 is 6.09 Å². The summed E-state index contributed by atoms with van der Waals surface area (Å²) in [6.45, 7) is 8.15. The summed E-state index contributed by atoms with van der Waals surface area (Å²) in [4.78, 5) is 16.4. The molecule has 0 bridgehead atoms. The van der Waals surface area contributed by atoms with Crippen molar-refractivity contribution < 1.29 is 27.2 Å². The van der Waals surface area contributed by atoms with Gasteiger partial charge in [-0.3, -0.25) is 4.72 Å². The van der Waals surface area contributed by atoms with E-state index in [9.17, 15) is 13.2 Å². The Hall–Kier alpha value is -3.47. The molecule has 1 aromatic heterocycles. The molecule has 1 saturated heterocycles. The van der Waals surface area contributed by atoms with Gasteiger partial charge in [0.2, 0.25) is 10.0 Å². The fourth-order valence-electron chi connectivity index (χ4n) is 5.64. The molecule has 2 aromatic carbocycles. The van der Waals surface area contributed by atoms with Crippen LogP contribution in [0.3, 0.4) is 0 Å². The molecule has 0 atom stereocenters. The number of methoxy groups -OCH3 is 1. The molecule has 1 aliphatic carbocycles. The van der Waals surface area contributed by atoms with Gasteiger partial charge in [0.15, 0.2) is 11.4 Å². The number of hydrogen-bond donors (Lipinski definition) is 1. The summed E-state index contributed by atoms with van der Waals surface area (Å²) >= 11 is 0. The molecule has 2 fully saturated rings. The second-order valence-corrected chi connectivity index (χ2v) is 13.7. The third kappa shape index (κ3) is 7.06. The Morgan fingerprint density at radius 2 is 1.78 bits per heavy atom. The van der Waals surface area contributed by atoms with Crippen LogP contribution in [0.15, 0.2) is 40.9 Å². The Bertz CT molecular complexity index is 1480. The van der Waals surface area contributed by atoms with Gasteiger partial charge in [-0.15, -0.1) is 0 Å². The van der Waals surface area contributed by atoms with E-state index in [1.54, 1.807) is 12.0 Å². The van der Waals surface area contributed by atoms with Crippen LogP contribution in [-0.4, -0.2) is 69.2 Å². The Kier molecular flexibility index (Phi) is 8.35. The summed E-state index contributed by atoms with van der Waals surface area (Å²) in [6, 6.07) is 11.9. The standard InChI is InChI=1S/C30H40N4O6S/c1-30(2,3)39-29(35)34-15-13-33(14-16-34)24-12-8-11-22(17-24)23-18-25(38-4)27-26(19-23)40-31-28(27)32-41(36,37)20-21-9-6-5-7-10-21/h8,11-12,17-19,21H,5-7,9-10,13-16,20H2,1-4H3,(H,31,32). The summed E-state index contributed by atoms with van der Waals surface area (Å²) in [7, 11) is -2.04. The van der Waals surface area contributed by atoms with Crippen LogP contribution in [0.4, 0.5) is 16.3 Å². The average molecular weight is 585 g/mol. The first-order valence-electron chi connectivity index (χ1n) is 14.3. The van der Waals surface area contributed by atoms with Gasteiger partial charge in [0.05, 0.1) is 12.9 Å². The number of anilines is 2. The Morgan fingerprint density at radius 3 is 2.46 bits per heavy atom. The Balaban J connectivity index is 1.32. The summed E-state index contributed by atoms with van der Waals surface area (Å²) in [5.41, 5.74) is 2.77. The maximum Gasteiger partial charge on any atom is 0.410 e.